The number of anilines is 1. The second-order valence-electron chi connectivity index (χ2n) is 12.4. The number of ether oxygens (including phenoxy) is 2. The van der Waals surface area contributed by atoms with Crippen molar-refractivity contribution in [2.45, 2.75) is 65.1 Å². The predicted octanol–water partition coefficient (Wildman–Crippen LogP) is 5.84. The molecule has 8 heteroatoms. The predicted molar refractivity (Wildman–Crippen MR) is 161 cm³/mol. The molecule has 7 nitrogen and oxygen atoms in total. The molecule has 41 heavy (non-hydrogen) atoms. The summed E-state index contributed by atoms with van der Waals surface area (Å²) in [6, 6.07) is 11.5. The van der Waals surface area contributed by atoms with Crippen LogP contribution in [0.25, 0.3) is 11.3 Å². The lowest BCUT2D eigenvalue weighted by Gasteiger charge is -2.38. The van der Waals surface area contributed by atoms with E-state index >= 15 is 0 Å². The molecule has 7 rings (SSSR count). The molecule has 0 amide bonds. The van der Waals surface area contributed by atoms with Gasteiger partial charge in [0.25, 0.3) is 0 Å². The van der Waals surface area contributed by atoms with Gasteiger partial charge in [0.15, 0.2) is 5.13 Å². The molecule has 2 saturated heterocycles. The van der Waals surface area contributed by atoms with Gasteiger partial charge in [-0.3, -0.25) is 9.69 Å². The molecule has 1 N–H and O–H groups in total. The van der Waals surface area contributed by atoms with Crippen molar-refractivity contribution in [2.24, 2.45) is 11.3 Å². The monoisotopic (exact) mass is 573 g/mol. The van der Waals surface area contributed by atoms with Gasteiger partial charge in [-0.15, -0.1) is 11.3 Å². The Bertz CT molecular complexity index is 1460. The number of thiazole rings is 1. The van der Waals surface area contributed by atoms with Crippen LogP contribution in [0.5, 0.6) is 5.75 Å². The number of aryl methyl sites for hydroxylation is 1. The first-order valence-corrected chi connectivity index (χ1v) is 15.9. The van der Waals surface area contributed by atoms with E-state index in [9.17, 15) is 9.90 Å². The molecule has 0 spiro atoms. The van der Waals surface area contributed by atoms with Crippen molar-refractivity contribution in [1.82, 2.24) is 9.88 Å². The molecule has 3 aliphatic heterocycles. The van der Waals surface area contributed by atoms with Crippen LogP contribution in [-0.4, -0.2) is 59.8 Å². The zero-order valence-corrected chi connectivity index (χ0v) is 24.8. The largest absolute Gasteiger partial charge is 0.488 e. The topological polar surface area (TPSA) is 75.1 Å². The van der Waals surface area contributed by atoms with E-state index in [0.717, 1.165) is 87.2 Å². The van der Waals surface area contributed by atoms with Crippen LogP contribution in [0.4, 0.5) is 5.13 Å². The van der Waals surface area contributed by atoms with Crippen LogP contribution in [-0.2, 0) is 29.1 Å². The van der Waals surface area contributed by atoms with Gasteiger partial charge in [-0.1, -0.05) is 23.8 Å². The quantitative estimate of drug-likeness (QED) is 0.380. The van der Waals surface area contributed by atoms with Crippen LogP contribution >= 0.6 is 11.3 Å². The van der Waals surface area contributed by atoms with Crippen molar-refractivity contribution in [2.75, 3.05) is 37.7 Å². The van der Waals surface area contributed by atoms with Crippen molar-refractivity contribution in [3.8, 4) is 17.0 Å². The number of fused-ring (bicyclic) bond motifs is 2. The van der Waals surface area contributed by atoms with Crippen LogP contribution in [0, 0.1) is 25.2 Å². The van der Waals surface area contributed by atoms with Gasteiger partial charge in [-0.05, 0) is 86.3 Å². The third-order valence-electron chi connectivity index (χ3n) is 10.0. The summed E-state index contributed by atoms with van der Waals surface area (Å²) in [5.41, 5.74) is 8.18. The number of hydrogen-bond donors (Lipinski definition) is 1. The highest BCUT2D eigenvalue weighted by Crippen LogP contribution is 2.58. The fraction of sp³-hybridized carbons (Fsp3) is 0.515. The van der Waals surface area contributed by atoms with Crippen molar-refractivity contribution in [3.05, 3.63) is 63.5 Å². The molecule has 1 aliphatic carbocycles. The fourth-order valence-corrected chi connectivity index (χ4v) is 8.11. The van der Waals surface area contributed by atoms with Gasteiger partial charge in [-0.25, -0.2) is 4.98 Å². The zero-order chi connectivity index (χ0) is 28.1. The van der Waals surface area contributed by atoms with Crippen LogP contribution in [0.1, 0.15) is 53.5 Å². The van der Waals surface area contributed by atoms with Gasteiger partial charge in [0.05, 0.1) is 11.1 Å². The average molecular weight is 574 g/mol. The third-order valence-corrected chi connectivity index (χ3v) is 10.9. The maximum absolute atomic E-state index is 11.7. The van der Waals surface area contributed by atoms with Gasteiger partial charge >= 0.3 is 5.97 Å². The molecule has 0 radical (unpaired) electrons. The number of rotatable bonds is 7. The van der Waals surface area contributed by atoms with Gasteiger partial charge in [0, 0.05) is 56.4 Å². The molecule has 1 saturated carbocycles. The molecule has 3 aromatic rings. The summed E-state index contributed by atoms with van der Waals surface area (Å²) in [6.07, 6.45) is 4.87. The fourth-order valence-electron chi connectivity index (χ4n) is 7.25. The number of aliphatic carboxylic acids is 1. The molecular weight excluding hydrogens is 534 g/mol. The average Bonchev–Trinajstić information content (AvgIpc) is 3.55. The lowest BCUT2D eigenvalue weighted by molar-refractivity contribution is -0.144. The van der Waals surface area contributed by atoms with Crippen LogP contribution in [0.2, 0.25) is 0 Å². The molecule has 1 aromatic heterocycles. The molecule has 4 heterocycles. The molecular formula is C33H39N3O4S. The minimum Gasteiger partial charge on any atom is -0.488 e. The lowest BCUT2D eigenvalue weighted by Crippen LogP contribution is -2.42. The molecule has 3 fully saturated rings. The third kappa shape index (κ3) is 5.04. The van der Waals surface area contributed by atoms with Gasteiger partial charge in [-0.2, -0.15) is 0 Å². The van der Waals surface area contributed by atoms with Gasteiger partial charge < -0.3 is 19.5 Å². The van der Waals surface area contributed by atoms with Gasteiger partial charge in [0.2, 0.25) is 0 Å². The number of hydrogen-bond acceptors (Lipinski definition) is 7. The second-order valence-corrected chi connectivity index (χ2v) is 13.2. The molecule has 4 aliphatic rings. The van der Waals surface area contributed by atoms with Crippen LogP contribution in [0.3, 0.4) is 0 Å². The maximum Gasteiger partial charge on any atom is 0.310 e. The van der Waals surface area contributed by atoms with Crippen molar-refractivity contribution in [3.63, 3.8) is 0 Å². The van der Waals surface area contributed by atoms with E-state index in [1.54, 1.807) is 11.3 Å². The van der Waals surface area contributed by atoms with E-state index < -0.39 is 11.4 Å². The molecule has 2 aromatic carbocycles. The highest BCUT2D eigenvalue weighted by Gasteiger charge is 2.62. The number of aromatic nitrogens is 1. The molecule has 0 unspecified atom stereocenters. The highest BCUT2D eigenvalue weighted by molar-refractivity contribution is 7.14. The first kappa shape index (κ1) is 26.9. The maximum atomic E-state index is 11.7. The summed E-state index contributed by atoms with van der Waals surface area (Å²) < 4.78 is 12.1. The van der Waals surface area contributed by atoms with Crippen molar-refractivity contribution >= 4 is 22.4 Å². The Morgan fingerprint density at radius 2 is 2.05 bits per heavy atom. The number of carbonyl (C=O) groups is 1. The standard InChI is InChI=1S/C33H39N3O4S/c1-21-3-6-30(28(15-21)29-20-41-32(34-29)36-12-10-33(31(37)38)16-25(33)18-36)40-19-24-5-4-23-17-35(11-7-27(23)22(24)2)26-8-13-39-14-9-26/h3-6,15,20,25-26H,7-14,16-19H2,1-2H3,(H,37,38)/t25-,33+/m0/s1. The molecule has 0 bridgehead atoms. The van der Waals surface area contributed by atoms with Crippen LogP contribution in [0.15, 0.2) is 35.7 Å². The van der Waals surface area contributed by atoms with E-state index in [1.807, 2.05) is 0 Å². The van der Waals surface area contributed by atoms with E-state index in [1.165, 1.54) is 27.8 Å². The Balaban J connectivity index is 1.05. The smallest absolute Gasteiger partial charge is 0.310 e. The lowest BCUT2D eigenvalue weighted by atomic mass is 9.90. The molecule has 2 atom stereocenters. The van der Waals surface area contributed by atoms with Gasteiger partial charge in [0.1, 0.15) is 12.4 Å². The summed E-state index contributed by atoms with van der Waals surface area (Å²) in [6.45, 7) is 10.3. The Hall–Kier alpha value is -2.94. The second kappa shape index (κ2) is 10.7. The number of carboxylic acid groups (broad SMARTS) is 1. The Morgan fingerprint density at radius 1 is 1.20 bits per heavy atom. The minimum absolute atomic E-state index is 0.240. The van der Waals surface area contributed by atoms with E-state index in [4.69, 9.17) is 14.5 Å². The number of benzene rings is 2. The highest BCUT2D eigenvalue weighted by atomic mass is 32.1. The van der Waals surface area contributed by atoms with E-state index in [-0.39, 0.29) is 5.92 Å². The first-order chi connectivity index (χ1) is 19.9. The zero-order valence-electron chi connectivity index (χ0n) is 24.0. The van der Waals surface area contributed by atoms with E-state index in [2.05, 4.69) is 59.4 Å². The Morgan fingerprint density at radius 3 is 2.85 bits per heavy atom. The summed E-state index contributed by atoms with van der Waals surface area (Å²) in [7, 11) is 0. The molecule has 216 valence electrons. The van der Waals surface area contributed by atoms with Crippen molar-refractivity contribution in [1.29, 1.82) is 0 Å². The summed E-state index contributed by atoms with van der Waals surface area (Å²) in [5.74, 6) is 0.458. The summed E-state index contributed by atoms with van der Waals surface area (Å²) in [5, 5.41) is 12.7. The normalized spacial score (nSPS) is 24.5. The number of piperidine rings is 1. The summed E-state index contributed by atoms with van der Waals surface area (Å²) >= 11 is 1.64. The van der Waals surface area contributed by atoms with E-state index in [0.29, 0.717) is 19.1 Å². The Labute approximate surface area is 246 Å². The SMILES string of the molecule is Cc1ccc(OCc2ccc3c(c2C)CCN(C2CCOCC2)C3)c(-c2csc(N3CC[C@@]4(C(=O)O)C[C@H]4C3)n2)c1. The van der Waals surface area contributed by atoms with Crippen molar-refractivity contribution < 1.29 is 19.4 Å². The number of nitrogens with zero attached hydrogens (tertiary/aromatic N) is 3. The van der Waals surface area contributed by atoms with Crippen LogP contribution < -0.4 is 9.64 Å². The minimum atomic E-state index is -0.630. The Kier molecular flexibility index (Phi) is 7.04. The first-order valence-electron chi connectivity index (χ1n) is 15.0. The number of carboxylic acids is 1. The summed E-state index contributed by atoms with van der Waals surface area (Å²) in [4.78, 5) is 21.6.